The number of anilines is 3. The number of hydrogen-bond donors (Lipinski definition) is 3. The van der Waals surface area contributed by atoms with Gasteiger partial charge in [0.1, 0.15) is 17.3 Å². The summed E-state index contributed by atoms with van der Waals surface area (Å²) in [4.78, 5) is 27.6. The van der Waals surface area contributed by atoms with E-state index in [-0.39, 0.29) is 11.5 Å². The zero-order valence-electron chi connectivity index (χ0n) is 17.9. The first-order valence-electron chi connectivity index (χ1n) is 10.0. The van der Waals surface area contributed by atoms with Gasteiger partial charge in [-0.15, -0.1) is 0 Å². The van der Waals surface area contributed by atoms with Crippen LogP contribution in [0, 0.1) is 17.0 Å². The number of imidazole rings is 1. The molecule has 3 aromatic heterocycles. The van der Waals surface area contributed by atoms with Crippen LogP contribution in [-0.2, 0) is 0 Å². The highest BCUT2D eigenvalue weighted by molar-refractivity contribution is 6.36. The van der Waals surface area contributed by atoms with E-state index in [1.165, 1.54) is 12.1 Å². The Morgan fingerprint density at radius 2 is 1.91 bits per heavy atom. The van der Waals surface area contributed by atoms with Crippen LogP contribution in [0.25, 0.3) is 16.9 Å². The molecule has 0 saturated carbocycles. The molecule has 0 bridgehead atoms. The molecule has 11 nitrogen and oxygen atoms in total. The van der Waals surface area contributed by atoms with Crippen LogP contribution >= 0.6 is 23.2 Å². The Kier molecular flexibility index (Phi) is 6.75. The number of aromatic nitrogens is 5. The van der Waals surface area contributed by atoms with Crippen molar-refractivity contribution in [2.45, 2.75) is 6.92 Å². The second kappa shape index (κ2) is 9.89. The number of rotatable bonds is 8. The molecule has 3 heterocycles. The minimum absolute atomic E-state index is 0.152. The van der Waals surface area contributed by atoms with Gasteiger partial charge in [-0.1, -0.05) is 23.2 Å². The summed E-state index contributed by atoms with van der Waals surface area (Å²) in [7, 11) is 0. The normalized spacial score (nSPS) is 10.8. The Balaban J connectivity index is 1.52. The van der Waals surface area contributed by atoms with Crippen LogP contribution in [-0.4, -0.2) is 42.5 Å². The standard InChI is InChI=1S/C21H19Cl2N9O2/c1-12-25-8-9-31(12)17-11-28-21(30-19(17)14-3-2-13(22)10-15(14)23)27-7-6-26-18-5-4-16(32(33)34)20(24)29-18/h2-5,8-11H,6-7H2,1H3,(H3,24,26,29)(H,27,28,30). The summed E-state index contributed by atoms with van der Waals surface area (Å²) in [5, 5.41) is 18.0. The topological polar surface area (TPSA) is 150 Å². The molecule has 0 aliphatic heterocycles. The lowest BCUT2D eigenvalue weighted by molar-refractivity contribution is -0.384. The van der Waals surface area contributed by atoms with E-state index in [0.29, 0.717) is 51.8 Å². The van der Waals surface area contributed by atoms with Crippen molar-refractivity contribution < 1.29 is 4.92 Å². The molecule has 4 N–H and O–H groups in total. The first kappa shape index (κ1) is 23.2. The lowest BCUT2D eigenvalue weighted by Gasteiger charge is -2.14. The smallest absolute Gasteiger partial charge is 0.311 e. The maximum absolute atomic E-state index is 10.9. The highest BCUT2D eigenvalue weighted by Crippen LogP contribution is 2.33. The van der Waals surface area contributed by atoms with E-state index < -0.39 is 4.92 Å². The molecular weight excluding hydrogens is 481 g/mol. The van der Waals surface area contributed by atoms with Crippen molar-refractivity contribution in [3.8, 4) is 16.9 Å². The largest absolute Gasteiger partial charge is 0.378 e. The Hall–Kier alpha value is -3.96. The molecule has 4 aromatic rings. The number of nitrogens with one attached hydrogen (secondary N) is 2. The summed E-state index contributed by atoms with van der Waals surface area (Å²) in [6.45, 7) is 2.76. The molecule has 174 valence electrons. The third kappa shape index (κ3) is 5.00. The minimum atomic E-state index is -0.579. The number of halogens is 2. The van der Waals surface area contributed by atoms with Gasteiger partial charge in [-0.25, -0.2) is 19.9 Å². The molecule has 0 radical (unpaired) electrons. The fourth-order valence-corrected chi connectivity index (χ4v) is 3.73. The number of benzene rings is 1. The van der Waals surface area contributed by atoms with E-state index in [1.807, 2.05) is 17.7 Å². The molecule has 1 aromatic carbocycles. The summed E-state index contributed by atoms with van der Waals surface area (Å²) in [5.41, 5.74) is 7.41. The summed E-state index contributed by atoms with van der Waals surface area (Å²) in [5.74, 6) is 1.43. The van der Waals surface area contributed by atoms with Crippen molar-refractivity contribution >= 4 is 46.5 Å². The third-order valence-corrected chi connectivity index (χ3v) is 5.40. The molecule has 34 heavy (non-hydrogen) atoms. The van der Waals surface area contributed by atoms with Gasteiger partial charge in [0.05, 0.1) is 21.8 Å². The summed E-state index contributed by atoms with van der Waals surface area (Å²) < 4.78 is 1.87. The lowest BCUT2D eigenvalue weighted by atomic mass is 10.1. The van der Waals surface area contributed by atoms with Gasteiger partial charge in [-0.3, -0.25) is 10.1 Å². The van der Waals surface area contributed by atoms with E-state index in [0.717, 1.165) is 5.82 Å². The zero-order chi connectivity index (χ0) is 24.2. The third-order valence-electron chi connectivity index (χ3n) is 4.85. The molecule has 0 spiro atoms. The number of nitrogens with two attached hydrogens (primary N) is 1. The van der Waals surface area contributed by atoms with Crippen LogP contribution in [0.4, 0.5) is 23.3 Å². The van der Waals surface area contributed by atoms with E-state index in [9.17, 15) is 10.1 Å². The molecule has 0 aliphatic rings. The van der Waals surface area contributed by atoms with Crippen molar-refractivity contribution in [3.63, 3.8) is 0 Å². The Bertz CT molecular complexity index is 1360. The number of nitro groups is 1. The van der Waals surface area contributed by atoms with Crippen molar-refractivity contribution in [1.29, 1.82) is 0 Å². The molecule has 0 aliphatic carbocycles. The van der Waals surface area contributed by atoms with E-state index in [1.54, 1.807) is 30.6 Å². The van der Waals surface area contributed by atoms with Crippen molar-refractivity contribution in [2.75, 3.05) is 29.5 Å². The number of aryl methyl sites for hydroxylation is 1. The Labute approximate surface area is 204 Å². The SMILES string of the molecule is Cc1nccn1-c1cnc(NCCNc2ccc([N+](=O)[O-])c(N)n2)nc1-c1ccc(Cl)cc1Cl. The summed E-state index contributed by atoms with van der Waals surface area (Å²) in [6.07, 6.45) is 5.21. The second-order valence-corrected chi connectivity index (χ2v) is 7.95. The summed E-state index contributed by atoms with van der Waals surface area (Å²) in [6, 6.07) is 8.01. The van der Waals surface area contributed by atoms with Gasteiger partial charge >= 0.3 is 5.69 Å². The quantitative estimate of drug-likeness (QED) is 0.182. The predicted octanol–water partition coefficient (Wildman–Crippen LogP) is 4.35. The second-order valence-electron chi connectivity index (χ2n) is 7.11. The highest BCUT2D eigenvalue weighted by Gasteiger charge is 2.16. The van der Waals surface area contributed by atoms with Gasteiger partial charge < -0.3 is 20.9 Å². The molecule has 0 amide bonds. The van der Waals surface area contributed by atoms with Crippen LogP contribution < -0.4 is 16.4 Å². The van der Waals surface area contributed by atoms with Crippen LogP contribution in [0.1, 0.15) is 5.82 Å². The number of nitrogens with zero attached hydrogens (tertiary/aromatic N) is 6. The van der Waals surface area contributed by atoms with Crippen molar-refractivity contribution in [1.82, 2.24) is 24.5 Å². The van der Waals surface area contributed by atoms with Gasteiger partial charge in [-0.05, 0) is 31.2 Å². The fraction of sp³-hybridized carbons (Fsp3) is 0.143. The fourth-order valence-electron chi connectivity index (χ4n) is 3.23. The van der Waals surface area contributed by atoms with Gasteiger partial charge in [0.15, 0.2) is 0 Å². The van der Waals surface area contributed by atoms with Crippen LogP contribution in [0.15, 0.2) is 48.9 Å². The monoisotopic (exact) mass is 499 g/mol. The number of hydrogen-bond acceptors (Lipinski definition) is 9. The molecule has 0 atom stereocenters. The molecule has 0 unspecified atom stereocenters. The zero-order valence-corrected chi connectivity index (χ0v) is 19.4. The van der Waals surface area contributed by atoms with Crippen LogP contribution in [0.5, 0.6) is 0 Å². The first-order chi connectivity index (χ1) is 16.3. The van der Waals surface area contributed by atoms with Crippen molar-refractivity contribution in [2.24, 2.45) is 0 Å². The Morgan fingerprint density at radius 3 is 2.59 bits per heavy atom. The summed E-state index contributed by atoms with van der Waals surface area (Å²) >= 11 is 12.5. The molecular formula is C21H19Cl2N9O2. The van der Waals surface area contributed by atoms with E-state index in [2.05, 4.69) is 30.6 Å². The lowest BCUT2D eigenvalue weighted by Crippen LogP contribution is -2.16. The van der Waals surface area contributed by atoms with Crippen LogP contribution in [0.2, 0.25) is 10.0 Å². The average molecular weight is 500 g/mol. The van der Waals surface area contributed by atoms with Gasteiger partial charge in [-0.2, -0.15) is 0 Å². The average Bonchev–Trinajstić information content (AvgIpc) is 3.22. The molecule has 0 saturated heterocycles. The van der Waals surface area contributed by atoms with Crippen LogP contribution in [0.3, 0.4) is 0 Å². The Morgan fingerprint density at radius 1 is 1.12 bits per heavy atom. The maximum atomic E-state index is 10.9. The first-order valence-corrected chi connectivity index (χ1v) is 10.8. The van der Waals surface area contributed by atoms with Gasteiger partial charge in [0.2, 0.25) is 11.8 Å². The van der Waals surface area contributed by atoms with Gasteiger partial charge in [0.25, 0.3) is 0 Å². The number of pyridine rings is 1. The number of nitrogen functional groups attached to an aromatic ring is 1. The predicted molar refractivity (Wildman–Crippen MR) is 132 cm³/mol. The minimum Gasteiger partial charge on any atom is -0.378 e. The van der Waals surface area contributed by atoms with E-state index >= 15 is 0 Å². The maximum Gasteiger partial charge on any atom is 0.311 e. The molecule has 0 fully saturated rings. The molecule has 4 rings (SSSR count). The van der Waals surface area contributed by atoms with Crippen molar-refractivity contribution in [3.05, 3.63) is 74.9 Å². The molecule has 13 heteroatoms. The van der Waals surface area contributed by atoms with E-state index in [4.69, 9.17) is 28.9 Å². The highest BCUT2D eigenvalue weighted by atomic mass is 35.5. The van der Waals surface area contributed by atoms with Gasteiger partial charge in [0, 0.05) is 42.1 Å².